The molecule has 1 aromatic carbocycles. The van der Waals surface area contributed by atoms with Crippen molar-refractivity contribution in [3.05, 3.63) is 41.7 Å². The fourth-order valence-electron chi connectivity index (χ4n) is 1.93. The molecule has 0 fully saturated rings. The largest absolute Gasteiger partial charge is 0.493 e. The molecule has 0 saturated carbocycles. The Morgan fingerprint density at radius 1 is 1.29 bits per heavy atom. The van der Waals surface area contributed by atoms with Gasteiger partial charge in [0, 0.05) is 30.4 Å². The monoisotopic (exact) mass is 289 g/mol. The summed E-state index contributed by atoms with van der Waals surface area (Å²) in [5, 5.41) is 7.02. The van der Waals surface area contributed by atoms with Crippen LogP contribution in [-0.4, -0.2) is 29.9 Å². The summed E-state index contributed by atoms with van der Waals surface area (Å²) in [6.07, 6.45) is 3.66. The quantitative estimate of drug-likeness (QED) is 0.881. The van der Waals surface area contributed by atoms with Gasteiger partial charge in [-0.1, -0.05) is 0 Å². The van der Waals surface area contributed by atoms with E-state index in [1.807, 2.05) is 17.8 Å². The van der Waals surface area contributed by atoms with Crippen LogP contribution in [0.2, 0.25) is 0 Å². The van der Waals surface area contributed by atoms with Crippen LogP contribution in [0.4, 0.5) is 0 Å². The Morgan fingerprint density at radius 3 is 2.67 bits per heavy atom. The van der Waals surface area contributed by atoms with Gasteiger partial charge < -0.3 is 14.8 Å². The molecule has 2 aromatic rings. The first-order valence-electron chi connectivity index (χ1n) is 6.69. The number of aromatic nitrogens is 2. The van der Waals surface area contributed by atoms with E-state index in [1.54, 1.807) is 38.6 Å². The molecule has 0 radical (unpaired) electrons. The van der Waals surface area contributed by atoms with Crippen LogP contribution in [0, 0.1) is 0 Å². The van der Waals surface area contributed by atoms with Gasteiger partial charge in [0.1, 0.15) is 0 Å². The molecule has 6 heteroatoms. The van der Waals surface area contributed by atoms with Crippen molar-refractivity contribution in [2.24, 2.45) is 0 Å². The predicted molar refractivity (Wildman–Crippen MR) is 78.6 cm³/mol. The van der Waals surface area contributed by atoms with E-state index in [0.29, 0.717) is 23.6 Å². The fourth-order valence-corrected chi connectivity index (χ4v) is 1.93. The van der Waals surface area contributed by atoms with Crippen LogP contribution in [0.3, 0.4) is 0 Å². The summed E-state index contributed by atoms with van der Waals surface area (Å²) in [7, 11) is 3.10. The van der Waals surface area contributed by atoms with Crippen LogP contribution in [0.25, 0.3) is 0 Å². The first-order chi connectivity index (χ1) is 10.2. The Labute approximate surface area is 123 Å². The molecule has 0 aliphatic carbocycles. The summed E-state index contributed by atoms with van der Waals surface area (Å²) in [6.45, 7) is 3.26. The number of carbonyl (C=O) groups excluding carboxylic acids is 1. The number of nitrogens with one attached hydrogen (secondary N) is 1. The summed E-state index contributed by atoms with van der Waals surface area (Å²) < 4.78 is 12.2. The second-order valence-corrected chi connectivity index (χ2v) is 4.46. The van der Waals surface area contributed by atoms with E-state index in [1.165, 1.54) is 0 Å². The third kappa shape index (κ3) is 3.53. The van der Waals surface area contributed by atoms with Crippen molar-refractivity contribution in [3.8, 4) is 11.5 Å². The van der Waals surface area contributed by atoms with Crippen LogP contribution < -0.4 is 14.8 Å². The molecule has 21 heavy (non-hydrogen) atoms. The highest BCUT2D eigenvalue weighted by molar-refractivity contribution is 5.94. The molecule has 1 amide bonds. The molecule has 112 valence electrons. The van der Waals surface area contributed by atoms with E-state index in [-0.39, 0.29) is 5.91 Å². The zero-order valence-electron chi connectivity index (χ0n) is 12.4. The van der Waals surface area contributed by atoms with E-state index < -0.39 is 0 Å². The van der Waals surface area contributed by atoms with E-state index in [0.717, 1.165) is 12.1 Å². The minimum Gasteiger partial charge on any atom is -0.493 e. The van der Waals surface area contributed by atoms with Gasteiger partial charge in [-0.2, -0.15) is 5.10 Å². The van der Waals surface area contributed by atoms with E-state index >= 15 is 0 Å². The third-order valence-corrected chi connectivity index (χ3v) is 3.11. The number of methoxy groups -OCH3 is 2. The van der Waals surface area contributed by atoms with Crippen LogP contribution in [0.5, 0.6) is 11.5 Å². The van der Waals surface area contributed by atoms with Crippen LogP contribution in [-0.2, 0) is 13.1 Å². The Kier molecular flexibility index (Phi) is 4.81. The number of ether oxygens (including phenoxy) is 2. The average Bonchev–Trinajstić information content (AvgIpc) is 2.99. The van der Waals surface area contributed by atoms with Gasteiger partial charge in [-0.3, -0.25) is 9.48 Å². The van der Waals surface area contributed by atoms with Crippen molar-refractivity contribution in [2.45, 2.75) is 20.0 Å². The SMILES string of the molecule is CCn1cc(CNC(=O)c2ccc(OC)c(OC)c2)cn1. The van der Waals surface area contributed by atoms with Crippen molar-refractivity contribution in [3.63, 3.8) is 0 Å². The smallest absolute Gasteiger partial charge is 0.251 e. The van der Waals surface area contributed by atoms with E-state index in [9.17, 15) is 4.79 Å². The predicted octanol–water partition coefficient (Wildman–Crippen LogP) is 1.85. The van der Waals surface area contributed by atoms with E-state index in [2.05, 4.69) is 10.4 Å². The number of aryl methyl sites for hydroxylation is 1. The minimum absolute atomic E-state index is 0.166. The molecule has 6 nitrogen and oxygen atoms in total. The molecule has 2 rings (SSSR count). The lowest BCUT2D eigenvalue weighted by atomic mass is 10.2. The maximum Gasteiger partial charge on any atom is 0.251 e. The summed E-state index contributed by atoms with van der Waals surface area (Å²) in [5.74, 6) is 0.961. The minimum atomic E-state index is -0.166. The second kappa shape index (κ2) is 6.78. The highest BCUT2D eigenvalue weighted by atomic mass is 16.5. The normalized spacial score (nSPS) is 10.2. The number of benzene rings is 1. The fraction of sp³-hybridized carbons (Fsp3) is 0.333. The van der Waals surface area contributed by atoms with Gasteiger partial charge in [-0.25, -0.2) is 0 Å². The summed E-state index contributed by atoms with van der Waals surface area (Å²) >= 11 is 0. The summed E-state index contributed by atoms with van der Waals surface area (Å²) in [6, 6.07) is 5.07. The van der Waals surface area contributed by atoms with Crippen molar-refractivity contribution in [1.29, 1.82) is 0 Å². The first-order valence-corrected chi connectivity index (χ1v) is 6.69. The van der Waals surface area contributed by atoms with E-state index in [4.69, 9.17) is 9.47 Å². The number of hydrogen-bond donors (Lipinski definition) is 1. The highest BCUT2D eigenvalue weighted by Gasteiger charge is 2.10. The number of rotatable bonds is 6. The van der Waals surface area contributed by atoms with Gasteiger partial charge >= 0.3 is 0 Å². The molecule has 0 aliphatic heterocycles. The standard InChI is InChI=1S/C15H19N3O3/c1-4-18-10-11(9-17-18)8-16-15(19)12-5-6-13(20-2)14(7-12)21-3/h5-7,9-10H,4,8H2,1-3H3,(H,16,19). The lowest BCUT2D eigenvalue weighted by Gasteiger charge is -2.09. The van der Waals surface area contributed by atoms with Gasteiger partial charge in [-0.05, 0) is 25.1 Å². The number of carbonyl (C=O) groups is 1. The molecule has 1 aromatic heterocycles. The zero-order chi connectivity index (χ0) is 15.2. The number of hydrogen-bond acceptors (Lipinski definition) is 4. The molecule has 0 spiro atoms. The molecular formula is C15H19N3O3. The lowest BCUT2D eigenvalue weighted by Crippen LogP contribution is -2.22. The maximum atomic E-state index is 12.1. The molecule has 0 unspecified atom stereocenters. The van der Waals surface area contributed by atoms with Gasteiger partial charge in [0.25, 0.3) is 5.91 Å². The zero-order valence-corrected chi connectivity index (χ0v) is 12.4. The number of nitrogens with zero attached hydrogens (tertiary/aromatic N) is 2. The van der Waals surface area contributed by atoms with Crippen LogP contribution in [0.15, 0.2) is 30.6 Å². The molecular weight excluding hydrogens is 270 g/mol. The maximum absolute atomic E-state index is 12.1. The molecule has 0 saturated heterocycles. The molecule has 1 heterocycles. The lowest BCUT2D eigenvalue weighted by molar-refractivity contribution is 0.0950. The van der Waals surface area contributed by atoms with Gasteiger partial charge in [0.05, 0.1) is 20.4 Å². The molecule has 0 atom stereocenters. The second-order valence-electron chi connectivity index (χ2n) is 4.46. The summed E-state index contributed by atoms with van der Waals surface area (Å²) in [4.78, 5) is 12.1. The average molecular weight is 289 g/mol. The highest BCUT2D eigenvalue weighted by Crippen LogP contribution is 2.27. The number of amides is 1. The van der Waals surface area contributed by atoms with Gasteiger partial charge in [-0.15, -0.1) is 0 Å². The van der Waals surface area contributed by atoms with Gasteiger partial charge in [0.15, 0.2) is 11.5 Å². The third-order valence-electron chi connectivity index (χ3n) is 3.11. The Hall–Kier alpha value is -2.50. The topological polar surface area (TPSA) is 65.4 Å². The summed E-state index contributed by atoms with van der Waals surface area (Å²) in [5.41, 5.74) is 1.49. The van der Waals surface area contributed by atoms with Crippen LogP contribution in [0.1, 0.15) is 22.8 Å². The first kappa shape index (κ1) is 14.9. The van der Waals surface area contributed by atoms with Crippen molar-refractivity contribution in [2.75, 3.05) is 14.2 Å². The van der Waals surface area contributed by atoms with Gasteiger partial charge in [0.2, 0.25) is 0 Å². The Bertz CT molecular complexity index is 622. The van der Waals surface area contributed by atoms with Crippen molar-refractivity contribution < 1.29 is 14.3 Å². The Balaban J connectivity index is 2.02. The molecule has 1 N–H and O–H groups in total. The van der Waals surface area contributed by atoms with Crippen molar-refractivity contribution in [1.82, 2.24) is 15.1 Å². The molecule has 0 bridgehead atoms. The van der Waals surface area contributed by atoms with Crippen LogP contribution >= 0.6 is 0 Å². The Morgan fingerprint density at radius 2 is 2.05 bits per heavy atom. The molecule has 0 aliphatic rings. The van der Waals surface area contributed by atoms with Crippen molar-refractivity contribution >= 4 is 5.91 Å².